The van der Waals surface area contributed by atoms with Gasteiger partial charge in [-0.2, -0.15) is 0 Å². The number of piperidine rings is 2. The Morgan fingerprint density at radius 3 is 2.64 bits per heavy atom. The highest BCUT2D eigenvalue weighted by molar-refractivity contribution is 5.91. The Morgan fingerprint density at radius 1 is 1.00 bits per heavy atom. The summed E-state index contributed by atoms with van der Waals surface area (Å²) in [5, 5.41) is 4.46. The summed E-state index contributed by atoms with van der Waals surface area (Å²) < 4.78 is 0. The van der Waals surface area contributed by atoms with Crippen molar-refractivity contribution in [3.05, 3.63) is 36.5 Å². The van der Waals surface area contributed by atoms with Gasteiger partial charge in [-0.05, 0) is 57.2 Å². The normalized spacial score (nSPS) is 24.4. The summed E-state index contributed by atoms with van der Waals surface area (Å²) in [4.78, 5) is 22.1. The number of benzene rings is 1. The van der Waals surface area contributed by atoms with Crippen molar-refractivity contribution >= 4 is 22.5 Å². The number of nitrogens with zero attached hydrogens (tertiary/aromatic N) is 3. The number of anilines is 1. The third-order valence-corrected chi connectivity index (χ3v) is 6.69. The van der Waals surface area contributed by atoms with Crippen molar-refractivity contribution in [1.82, 2.24) is 15.2 Å². The van der Waals surface area contributed by atoms with Gasteiger partial charge in [0.05, 0.1) is 11.4 Å². The number of hydrogen-bond acceptors (Lipinski definition) is 4. The lowest BCUT2D eigenvalue weighted by molar-refractivity contribution is -0.127. The van der Waals surface area contributed by atoms with Crippen molar-refractivity contribution in [3.63, 3.8) is 0 Å². The summed E-state index contributed by atoms with van der Waals surface area (Å²) in [7, 11) is 0. The Kier molecular flexibility index (Phi) is 4.93. The van der Waals surface area contributed by atoms with Crippen molar-refractivity contribution in [2.24, 2.45) is 5.92 Å². The summed E-state index contributed by atoms with van der Waals surface area (Å²) in [5.74, 6) is 0.490. The number of para-hydroxylation sites is 1. The molecule has 0 radical (unpaired) electrons. The Labute approximate surface area is 167 Å². The number of amides is 1. The maximum Gasteiger partial charge on any atom is 0.224 e. The number of likely N-dealkylation sites (tertiary alicyclic amines) is 1. The minimum atomic E-state index is 0.191. The van der Waals surface area contributed by atoms with Gasteiger partial charge in [0.2, 0.25) is 5.91 Å². The van der Waals surface area contributed by atoms with Crippen LogP contribution in [0.3, 0.4) is 0 Å². The lowest BCUT2D eigenvalue weighted by Crippen LogP contribution is -2.51. The fraction of sp³-hybridized carbons (Fsp3) is 0.565. The summed E-state index contributed by atoms with van der Waals surface area (Å²) >= 11 is 0. The first-order chi connectivity index (χ1) is 13.8. The lowest BCUT2D eigenvalue weighted by Gasteiger charge is -2.42. The maximum atomic E-state index is 12.5. The van der Waals surface area contributed by atoms with Gasteiger partial charge in [-0.1, -0.05) is 18.2 Å². The average Bonchev–Trinajstić information content (AvgIpc) is 3.57. The molecule has 2 aliphatic heterocycles. The molecule has 1 aromatic heterocycles. The second kappa shape index (κ2) is 7.70. The minimum Gasteiger partial charge on any atom is -0.371 e. The average molecular weight is 379 g/mol. The van der Waals surface area contributed by atoms with Crippen molar-refractivity contribution in [2.75, 3.05) is 31.1 Å². The Balaban J connectivity index is 1.21. The SMILES string of the molecule is O=C(NC1CC1)C1CCCN(C2CCN(c3ccnc4ccccc34)CC2)C1. The second-order valence-electron chi connectivity index (χ2n) is 8.68. The van der Waals surface area contributed by atoms with Gasteiger partial charge in [0.1, 0.15) is 0 Å². The van der Waals surface area contributed by atoms with Gasteiger partial charge in [0.15, 0.2) is 0 Å². The highest BCUT2D eigenvalue weighted by atomic mass is 16.2. The number of rotatable bonds is 4. The zero-order valence-electron chi connectivity index (χ0n) is 16.5. The third-order valence-electron chi connectivity index (χ3n) is 6.69. The third kappa shape index (κ3) is 3.72. The van der Waals surface area contributed by atoms with Crippen LogP contribution in [-0.4, -0.2) is 54.1 Å². The zero-order valence-corrected chi connectivity index (χ0v) is 16.5. The van der Waals surface area contributed by atoms with Crippen LogP contribution in [0.2, 0.25) is 0 Å². The largest absolute Gasteiger partial charge is 0.371 e. The van der Waals surface area contributed by atoms with E-state index in [1.54, 1.807) is 0 Å². The molecular weight excluding hydrogens is 348 g/mol. The predicted molar refractivity (Wildman–Crippen MR) is 112 cm³/mol. The molecular formula is C23H30N4O. The van der Waals surface area contributed by atoms with E-state index >= 15 is 0 Å². The number of hydrogen-bond donors (Lipinski definition) is 1. The van der Waals surface area contributed by atoms with E-state index in [4.69, 9.17) is 0 Å². The second-order valence-corrected chi connectivity index (χ2v) is 8.68. The number of nitrogens with one attached hydrogen (secondary N) is 1. The molecule has 1 amide bonds. The number of pyridine rings is 1. The van der Waals surface area contributed by atoms with E-state index in [0.29, 0.717) is 18.0 Å². The first-order valence-corrected chi connectivity index (χ1v) is 10.9. The molecule has 1 aromatic carbocycles. The van der Waals surface area contributed by atoms with Gasteiger partial charge < -0.3 is 10.2 Å². The smallest absolute Gasteiger partial charge is 0.224 e. The molecule has 5 nitrogen and oxygen atoms in total. The molecule has 1 unspecified atom stereocenters. The quantitative estimate of drug-likeness (QED) is 0.888. The molecule has 3 heterocycles. The van der Waals surface area contributed by atoms with E-state index in [9.17, 15) is 4.79 Å². The van der Waals surface area contributed by atoms with Crippen LogP contribution < -0.4 is 10.2 Å². The maximum absolute atomic E-state index is 12.5. The van der Waals surface area contributed by atoms with E-state index in [2.05, 4.69) is 50.4 Å². The van der Waals surface area contributed by atoms with E-state index in [-0.39, 0.29) is 5.92 Å². The fourth-order valence-electron chi connectivity index (χ4n) is 4.93. The monoisotopic (exact) mass is 378 g/mol. The molecule has 1 saturated carbocycles. The van der Waals surface area contributed by atoms with Crippen LogP contribution in [0.1, 0.15) is 38.5 Å². The number of aromatic nitrogens is 1. The molecule has 0 bridgehead atoms. The van der Waals surface area contributed by atoms with Crippen molar-refractivity contribution in [3.8, 4) is 0 Å². The Bertz CT molecular complexity index is 836. The van der Waals surface area contributed by atoms with Gasteiger partial charge in [-0.15, -0.1) is 0 Å². The molecule has 1 atom stereocenters. The lowest BCUT2D eigenvalue weighted by atomic mass is 9.93. The minimum absolute atomic E-state index is 0.191. The molecule has 148 valence electrons. The highest BCUT2D eigenvalue weighted by Crippen LogP contribution is 2.30. The van der Waals surface area contributed by atoms with Gasteiger partial charge in [-0.3, -0.25) is 14.7 Å². The molecule has 5 heteroatoms. The molecule has 0 spiro atoms. The number of carbonyl (C=O) groups excluding carboxylic acids is 1. The van der Waals surface area contributed by atoms with Crippen LogP contribution in [0.15, 0.2) is 36.5 Å². The molecule has 2 saturated heterocycles. The van der Waals surface area contributed by atoms with Crippen molar-refractivity contribution in [1.29, 1.82) is 0 Å². The molecule has 28 heavy (non-hydrogen) atoms. The fourth-order valence-corrected chi connectivity index (χ4v) is 4.93. The predicted octanol–water partition coefficient (Wildman–Crippen LogP) is 3.19. The van der Waals surface area contributed by atoms with Crippen LogP contribution in [0.4, 0.5) is 5.69 Å². The van der Waals surface area contributed by atoms with Crippen LogP contribution in [0, 0.1) is 5.92 Å². The molecule has 5 rings (SSSR count). The van der Waals surface area contributed by atoms with Gasteiger partial charge in [-0.25, -0.2) is 0 Å². The highest BCUT2D eigenvalue weighted by Gasteiger charge is 2.33. The van der Waals surface area contributed by atoms with E-state index < -0.39 is 0 Å². The molecule has 3 aliphatic rings. The summed E-state index contributed by atoms with van der Waals surface area (Å²) in [5.41, 5.74) is 2.38. The summed E-state index contributed by atoms with van der Waals surface area (Å²) in [6, 6.07) is 11.7. The van der Waals surface area contributed by atoms with Crippen LogP contribution in [0.5, 0.6) is 0 Å². The number of carbonyl (C=O) groups is 1. The Morgan fingerprint density at radius 2 is 1.82 bits per heavy atom. The molecule has 1 aliphatic carbocycles. The van der Waals surface area contributed by atoms with Crippen LogP contribution in [-0.2, 0) is 4.79 Å². The van der Waals surface area contributed by atoms with E-state index in [1.165, 1.54) is 36.8 Å². The van der Waals surface area contributed by atoms with E-state index in [1.807, 2.05) is 6.20 Å². The molecule has 3 fully saturated rings. The van der Waals surface area contributed by atoms with Crippen LogP contribution >= 0.6 is 0 Å². The summed E-state index contributed by atoms with van der Waals surface area (Å²) in [6.45, 7) is 4.25. The standard InChI is InChI=1S/C23H30N4O/c28-23(25-18-7-8-18)17-4-3-13-27(16-17)19-10-14-26(15-11-19)22-9-12-24-21-6-2-1-5-20(21)22/h1-2,5-6,9,12,17-19H,3-4,7-8,10-11,13-16H2,(H,25,28). The number of fused-ring (bicyclic) bond motifs is 1. The Hall–Kier alpha value is -2.14. The van der Waals surface area contributed by atoms with Crippen LogP contribution in [0.25, 0.3) is 10.9 Å². The van der Waals surface area contributed by atoms with Crippen molar-refractivity contribution in [2.45, 2.75) is 50.6 Å². The molecule has 1 N–H and O–H groups in total. The zero-order chi connectivity index (χ0) is 18.9. The first-order valence-electron chi connectivity index (χ1n) is 10.9. The van der Waals surface area contributed by atoms with Gasteiger partial charge >= 0.3 is 0 Å². The van der Waals surface area contributed by atoms with Gasteiger partial charge in [0, 0.05) is 49.0 Å². The topological polar surface area (TPSA) is 48.5 Å². The van der Waals surface area contributed by atoms with E-state index in [0.717, 1.165) is 44.5 Å². The van der Waals surface area contributed by atoms with Crippen molar-refractivity contribution < 1.29 is 4.79 Å². The first kappa shape index (κ1) is 17.9. The molecule has 2 aromatic rings. The summed E-state index contributed by atoms with van der Waals surface area (Å²) in [6.07, 6.45) is 8.82. The van der Waals surface area contributed by atoms with Gasteiger partial charge in [0.25, 0.3) is 0 Å².